The summed E-state index contributed by atoms with van der Waals surface area (Å²) in [6.07, 6.45) is 5.42. The Morgan fingerprint density at radius 2 is 1.97 bits per heavy atom. The topological polar surface area (TPSA) is 63.9 Å². The minimum absolute atomic E-state index is 0.0597. The number of nitrogens with one attached hydrogen (secondary N) is 1. The monoisotopic (exact) mass is 474 g/mol. The molecule has 2 aliphatic rings. The summed E-state index contributed by atoms with van der Waals surface area (Å²) in [5.41, 5.74) is 0.738. The molecule has 6 nitrogen and oxygen atoms in total. The molecule has 0 radical (unpaired) electrons. The molecule has 1 saturated heterocycles. The summed E-state index contributed by atoms with van der Waals surface area (Å²) in [5.74, 6) is -1.58. The summed E-state index contributed by atoms with van der Waals surface area (Å²) in [5, 5.41) is 3.27. The minimum Gasteiger partial charge on any atom is -0.492 e. The van der Waals surface area contributed by atoms with Crippen LogP contribution >= 0.6 is 0 Å². The Hall–Kier alpha value is -3.20. The number of halogens is 3. The number of carbonyl (C=O) groups is 1. The van der Waals surface area contributed by atoms with Crippen LogP contribution in [0.5, 0.6) is 11.5 Å². The number of amides is 1. The molecular formula is C25H25F3N2O4. The van der Waals surface area contributed by atoms with Gasteiger partial charge in [-0.15, -0.1) is 0 Å². The number of hydrogen-bond donors (Lipinski definition) is 1. The van der Waals surface area contributed by atoms with Gasteiger partial charge in [-0.2, -0.15) is 8.78 Å². The molecule has 180 valence electrons. The number of likely N-dealkylation sites (tertiary alicyclic amines) is 1. The van der Waals surface area contributed by atoms with Crippen LogP contribution in [0.4, 0.5) is 13.2 Å². The van der Waals surface area contributed by atoms with Gasteiger partial charge in [0.25, 0.3) is 5.91 Å². The number of rotatable bonds is 9. The van der Waals surface area contributed by atoms with Crippen molar-refractivity contribution in [3.05, 3.63) is 48.0 Å². The molecule has 2 heterocycles. The largest absolute Gasteiger partial charge is 0.492 e. The van der Waals surface area contributed by atoms with E-state index >= 15 is 0 Å². The van der Waals surface area contributed by atoms with E-state index in [0.717, 1.165) is 38.5 Å². The first-order valence-corrected chi connectivity index (χ1v) is 11.4. The van der Waals surface area contributed by atoms with Crippen molar-refractivity contribution in [3.63, 3.8) is 0 Å². The van der Waals surface area contributed by atoms with Crippen LogP contribution in [-0.4, -0.2) is 49.7 Å². The highest BCUT2D eigenvalue weighted by molar-refractivity contribution is 6.00. The molecule has 2 fully saturated rings. The van der Waals surface area contributed by atoms with Crippen molar-refractivity contribution in [1.29, 1.82) is 0 Å². The molecule has 0 atom stereocenters. The molecule has 0 unspecified atom stereocenters. The van der Waals surface area contributed by atoms with Crippen molar-refractivity contribution < 1.29 is 31.9 Å². The van der Waals surface area contributed by atoms with Crippen molar-refractivity contribution >= 4 is 16.9 Å². The number of furan rings is 1. The van der Waals surface area contributed by atoms with Crippen molar-refractivity contribution in [2.45, 2.75) is 38.3 Å². The first-order valence-electron chi connectivity index (χ1n) is 11.4. The van der Waals surface area contributed by atoms with Crippen LogP contribution in [0, 0.1) is 5.82 Å². The zero-order chi connectivity index (χ0) is 23.7. The maximum Gasteiger partial charge on any atom is 0.387 e. The summed E-state index contributed by atoms with van der Waals surface area (Å²) >= 11 is 0. The van der Waals surface area contributed by atoms with E-state index in [-0.39, 0.29) is 11.6 Å². The van der Waals surface area contributed by atoms with Crippen LogP contribution in [0.2, 0.25) is 0 Å². The number of carbonyl (C=O) groups excluding carboxylic acids is 1. The molecule has 1 aliphatic carbocycles. The van der Waals surface area contributed by atoms with Gasteiger partial charge in [0, 0.05) is 29.6 Å². The Morgan fingerprint density at radius 3 is 2.71 bits per heavy atom. The first kappa shape index (κ1) is 22.6. The van der Waals surface area contributed by atoms with Crippen molar-refractivity contribution in [1.82, 2.24) is 10.2 Å². The van der Waals surface area contributed by atoms with Gasteiger partial charge in [0.2, 0.25) is 0 Å². The number of alkyl halides is 2. The summed E-state index contributed by atoms with van der Waals surface area (Å²) < 4.78 is 57.0. The minimum atomic E-state index is -3.21. The number of fused-ring (bicyclic) bond motifs is 1. The Morgan fingerprint density at radius 1 is 1.18 bits per heavy atom. The molecule has 9 heteroatoms. The standard InChI is InChI=1S/C25H25F3N2O4/c26-20-11-15(12-22(34-25(27)28)23(20)24(31)29-16-3-4-16)19-14-33-21-13-17(5-6-18(19)21)32-10-9-30-7-1-2-8-30/h5-6,11-14,16,25H,1-4,7-10H2,(H,29,31). The van der Waals surface area contributed by atoms with E-state index in [2.05, 4.69) is 15.0 Å². The van der Waals surface area contributed by atoms with Crippen molar-refractivity contribution in [2.24, 2.45) is 0 Å². The maximum absolute atomic E-state index is 15.0. The number of ether oxygens (including phenoxy) is 2. The molecule has 1 aromatic heterocycles. The van der Waals surface area contributed by atoms with Crippen LogP contribution < -0.4 is 14.8 Å². The molecule has 1 aliphatic heterocycles. The highest BCUT2D eigenvalue weighted by atomic mass is 19.3. The van der Waals surface area contributed by atoms with E-state index in [0.29, 0.717) is 28.9 Å². The Labute approximate surface area is 194 Å². The lowest BCUT2D eigenvalue weighted by Crippen LogP contribution is -2.27. The second-order valence-electron chi connectivity index (χ2n) is 8.66. The second kappa shape index (κ2) is 9.58. The van der Waals surface area contributed by atoms with Crippen LogP contribution in [0.15, 0.2) is 41.0 Å². The van der Waals surface area contributed by atoms with E-state index in [1.165, 1.54) is 25.2 Å². The smallest absolute Gasteiger partial charge is 0.387 e. The number of benzene rings is 2. The van der Waals surface area contributed by atoms with Gasteiger partial charge >= 0.3 is 6.61 Å². The normalized spacial score (nSPS) is 16.4. The van der Waals surface area contributed by atoms with E-state index in [1.54, 1.807) is 18.2 Å². The lowest BCUT2D eigenvalue weighted by atomic mass is 10.0. The van der Waals surface area contributed by atoms with Gasteiger partial charge in [0.05, 0.1) is 6.26 Å². The molecule has 1 amide bonds. The fourth-order valence-corrected chi connectivity index (χ4v) is 4.25. The molecule has 0 spiro atoms. The third-order valence-corrected chi connectivity index (χ3v) is 6.14. The average Bonchev–Trinajstić information content (AvgIpc) is 3.28. The third kappa shape index (κ3) is 4.99. The lowest BCUT2D eigenvalue weighted by molar-refractivity contribution is -0.0503. The zero-order valence-corrected chi connectivity index (χ0v) is 18.5. The van der Waals surface area contributed by atoms with Gasteiger partial charge in [0.1, 0.15) is 35.1 Å². The molecule has 0 bridgehead atoms. The summed E-state index contributed by atoms with van der Waals surface area (Å²) in [4.78, 5) is 14.8. The maximum atomic E-state index is 15.0. The summed E-state index contributed by atoms with van der Waals surface area (Å²) in [7, 11) is 0. The van der Waals surface area contributed by atoms with Gasteiger partial charge in [-0.3, -0.25) is 9.69 Å². The molecular weight excluding hydrogens is 449 g/mol. The highest BCUT2D eigenvalue weighted by Crippen LogP contribution is 2.37. The highest BCUT2D eigenvalue weighted by Gasteiger charge is 2.29. The molecule has 34 heavy (non-hydrogen) atoms. The first-order chi connectivity index (χ1) is 16.5. The number of hydrogen-bond acceptors (Lipinski definition) is 5. The average molecular weight is 474 g/mol. The molecule has 3 aromatic rings. The van der Waals surface area contributed by atoms with Gasteiger partial charge in [0.15, 0.2) is 0 Å². The molecule has 1 saturated carbocycles. The van der Waals surface area contributed by atoms with Crippen molar-refractivity contribution in [2.75, 3.05) is 26.2 Å². The third-order valence-electron chi connectivity index (χ3n) is 6.14. The Kier molecular flexibility index (Phi) is 6.36. The number of nitrogens with zero attached hydrogens (tertiary/aromatic N) is 1. The lowest BCUT2D eigenvalue weighted by Gasteiger charge is -2.15. The quantitative estimate of drug-likeness (QED) is 0.462. The van der Waals surface area contributed by atoms with Gasteiger partial charge in [-0.25, -0.2) is 4.39 Å². The van der Waals surface area contributed by atoms with E-state index in [4.69, 9.17) is 9.15 Å². The van der Waals surface area contributed by atoms with Gasteiger partial charge in [-0.05, 0) is 68.6 Å². The molecule has 1 N–H and O–H groups in total. The molecule has 5 rings (SSSR count). The Bertz CT molecular complexity index is 1190. The van der Waals surface area contributed by atoms with Crippen LogP contribution in [0.25, 0.3) is 22.1 Å². The van der Waals surface area contributed by atoms with Crippen LogP contribution in [-0.2, 0) is 0 Å². The predicted molar refractivity (Wildman–Crippen MR) is 120 cm³/mol. The van der Waals surface area contributed by atoms with Gasteiger partial charge in [-0.1, -0.05) is 0 Å². The van der Waals surface area contributed by atoms with Crippen LogP contribution in [0.3, 0.4) is 0 Å². The fourth-order valence-electron chi connectivity index (χ4n) is 4.25. The zero-order valence-electron chi connectivity index (χ0n) is 18.5. The van der Waals surface area contributed by atoms with Crippen LogP contribution in [0.1, 0.15) is 36.0 Å². The predicted octanol–water partition coefficient (Wildman–Crippen LogP) is 5.21. The summed E-state index contributed by atoms with van der Waals surface area (Å²) in [6, 6.07) is 7.62. The van der Waals surface area contributed by atoms with E-state index < -0.39 is 29.6 Å². The van der Waals surface area contributed by atoms with E-state index in [1.807, 2.05) is 0 Å². The summed E-state index contributed by atoms with van der Waals surface area (Å²) in [6.45, 7) is 0.401. The van der Waals surface area contributed by atoms with Crippen molar-refractivity contribution in [3.8, 4) is 22.6 Å². The SMILES string of the molecule is O=C(NC1CC1)c1c(F)cc(-c2coc3cc(OCCN4CCCC4)ccc23)cc1OC(F)F. The Balaban J connectivity index is 1.39. The molecule has 2 aromatic carbocycles. The van der Waals surface area contributed by atoms with E-state index in [9.17, 15) is 18.0 Å². The van der Waals surface area contributed by atoms with Gasteiger partial charge < -0.3 is 19.2 Å². The second-order valence-corrected chi connectivity index (χ2v) is 8.66. The fraction of sp³-hybridized carbons (Fsp3) is 0.400.